The molecule has 0 unspecified atom stereocenters. The Morgan fingerprint density at radius 2 is 2.00 bits per heavy atom. The molecule has 0 bridgehead atoms. The number of hydrogen-bond donors (Lipinski definition) is 1. The maximum absolute atomic E-state index is 8.94. The van der Waals surface area contributed by atoms with Crippen LogP contribution < -0.4 is 0 Å². The second kappa shape index (κ2) is 1.32. The first-order chi connectivity index (χ1) is 1.73. The van der Waals surface area contributed by atoms with Gasteiger partial charge < -0.3 is 0 Å². The van der Waals surface area contributed by atoms with Crippen LogP contribution in [0.15, 0.2) is 0 Å². The Morgan fingerprint density at radius 3 is 2.00 bits per heavy atom. The summed E-state index contributed by atoms with van der Waals surface area (Å²) in [6.07, 6.45) is 0. The first-order valence-corrected chi connectivity index (χ1v) is 1.49. The third-order valence-electron chi connectivity index (χ3n) is 0. The van der Waals surface area contributed by atoms with Crippen molar-refractivity contribution in [2.45, 2.75) is 0 Å². The quantitative estimate of drug-likeness (QED) is 0.455. The van der Waals surface area contributed by atoms with E-state index in [1.54, 1.807) is 0 Å². The van der Waals surface area contributed by atoms with Gasteiger partial charge in [-0.3, -0.25) is 0 Å². The van der Waals surface area contributed by atoms with E-state index in [1.165, 1.54) is 0 Å². The Labute approximate surface area is 31.6 Å². The summed E-state index contributed by atoms with van der Waals surface area (Å²) < 4.78 is 0. The van der Waals surface area contributed by atoms with Crippen molar-refractivity contribution in [2.24, 2.45) is 0 Å². The average molecular weight is 124 g/mol. The molecule has 0 rings (SSSR count). The number of rotatable bonds is 0. The van der Waals surface area contributed by atoms with Crippen LogP contribution in [-0.4, -0.2) is 26.0 Å². The van der Waals surface area contributed by atoms with E-state index in [4.69, 9.17) is 9.90 Å². The molecular weight excluding hydrogens is 123 g/mol. The standard InChI is InChI=1S/CH2O2Se/c2-1(3)4/h4H,(H,2,3)/p-1. The van der Waals surface area contributed by atoms with Gasteiger partial charge in [0.1, 0.15) is 0 Å². The molecule has 0 aromatic carbocycles. The van der Waals surface area contributed by atoms with Crippen molar-refractivity contribution >= 4 is 20.9 Å². The molecule has 0 saturated carbocycles. The van der Waals surface area contributed by atoms with Crippen LogP contribution in [0.3, 0.4) is 0 Å². The summed E-state index contributed by atoms with van der Waals surface area (Å²) in [7, 11) is 0. The SMILES string of the molecule is O=C(O)[Se-]. The molecule has 3 heteroatoms. The molecule has 0 radical (unpaired) electrons. The van der Waals surface area contributed by atoms with Gasteiger partial charge in [-0.1, -0.05) is 0 Å². The van der Waals surface area contributed by atoms with Crippen LogP contribution >= 0.6 is 0 Å². The summed E-state index contributed by atoms with van der Waals surface area (Å²) in [6, 6.07) is 0. The summed E-state index contributed by atoms with van der Waals surface area (Å²) >= 11 is 1.82. The third kappa shape index (κ3) is 17600. The van der Waals surface area contributed by atoms with Crippen LogP contribution in [0.4, 0.5) is 4.79 Å². The van der Waals surface area contributed by atoms with Crippen LogP contribution in [-0.2, 0) is 0 Å². The average Bonchev–Trinajstić information content (AvgIpc) is 0.811. The van der Waals surface area contributed by atoms with E-state index in [9.17, 15) is 0 Å². The Kier molecular flexibility index (Phi) is 1.32. The summed E-state index contributed by atoms with van der Waals surface area (Å²) in [5, 5.41) is 7.36. The molecule has 0 aliphatic heterocycles. The van der Waals surface area contributed by atoms with Gasteiger partial charge in [0.25, 0.3) is 0 Å². The summed E-state index contributed by atoms with van der Waals surface area (Å²) in [6.45, 7) is 0. The summed E-state index contributed by atoms with van der Waals surface area (Å²) in [4.78, 5) is 7.99. The van der Waals surface area contributed by atoms with Crippen LogP contribution in [0.1, 0.15) is 0 Å². The number of carboxylic acid groups (broad SMARTS) is 1. The molecule has 4 heavy (non-hydrogen) atoms. The van der Waals surface area contributed by atoms with Crippen molar-refractivity contribution < 1.29 is 9.90 Å². The second-order valence-corrected chi connectivity index (χ2v) is 0.999. The van der Waals surface area contributed by atoms with Gasteiger partial charge in [-0.15, -0.1) is 0 Å². The van der Waals surface area contributed by atoms with Crippen molar-refractivity contribution in [1.29, 1.82) is 0 Å². The van der Waals surface area contributed by atoms with E-state index in [-0.39, 0.29) is 0 Å². The van der Waals surface area contributed by atoms with Gasteiger partial charge >= 0.3 is 30.8 Å². The molecule has 0 aliphatic carbocycles. The van der Waals surface area contributed by atoms with Gasteiger partial charge in [-0.25, -0.2) is 0 Å². The third-order valence-corrected chi connectivity index (χ3v) is 0. The van der Waals surface area contributed by atoms with Crippen molar-refractivity contribution in [3.63, 3.8) is 0 Å². The van der Waals surface area contributed by atoms with Crippen LogP contribution in [0.25, 0.3) is 0 Å². The zero-order valence-corrected chi connectivity index (χ0v) is 3.48. The summed E-state index contributed by atoms with van der Waals surface area (Å²) in [5.41, 5.74) is 0. The molecule has 0 aromatic heterocycles. The second-order valence-electron chi connectivity index (χ2n) is 0.266. The van der Waals surface area contributed by atoms with E-state index in [0.29, 0.717) is 0 Å². The normalized spacial score (nSPS) is 6.00. The minimum atomic E-state index is -0.958. The van der Waals surface area contributed by atoms with Crippen LogP contribution in [0.2, 0.25) is 0 Å². The maximum atomic E-state index is 8.94. The minimum absolute atomic E-state index is 0.958. The number of hydrogen-bond acceptors (Lipinski definition) is 1. The molecular formula is CHO2Se-. The zero-order chi connectivity index (χ0) is 3.58. The Bertz CT molecular complexity index is 29.0. The molecule has 0 fully saturated rings. The van der Waals surface area contributed by atoms with Gasteiger partial charge in [0.15, 0.2) is 0 Å². The molecule has 1 N–H and O–H groups in total. The fraction of sp³-hybridized carbons (Fsp3) is 0. The van der Waals surface area contributed by atoms with Gasteiger partial charge in [-0.2, -0.15) is 0 Å². The molecule has 0 aromatic rings. The monoisotopic (exact) mass is 125 g/mol. The molecule has 0 heterocycles. The Hall–Kier alpha value is -0.0105. The van der Waals surface area contributed by atoms with Gasteiger partial charge in [0.05, 0.1) is 0 Å². The first kappa shape index (κ1) is 3.99. The molecule has 0 amide bonds. The fourth-order valence-corrected chi connectivity index (χ4v) is 0. The van der Waals surface area contributed by atoms with Crippen LogP contribution in [0.5, 0.6) is 0 Å². The van der Waals surface area contributed by atoms with E-state index in [2.05, 4.69) is 0 Å². The van der Waals surface area contributed by atoms with Crippen molar-refractivity contribution in [3.05, 3.63) is 0 Å². The Balaban J connectivity index is 2.80. The molecule has 0 spiro atoms. The predicted octanol–water partition coefficient (Wildman–Crippen LogP) is -0.167. The molecule has 0 atom stereocenters. The van der Waals surface area contributed by atoms with Gasteiger partial charge in [0.2, 0.25) is 0 Å². The van der Waals surface area contributed by atoms with E-state index >= 15 is 0 Å². The topological polar surface area (TPSA) is 37.3 Å². The van der Waals surface area contributed by atoms with E-state index in [1.807, 2.05) is 16.0 Å². The molecule has 24 valence electrons. The molecule has 2 nitrogen and oxygen atoms in total. The first-order valence-electron chi connectivity index (χ1n) is 0.632. The van der Waals surface area contributed by atoms with Gasteiger partial charge in [-0.05, 0) is 0 Å². The number of carbonyl (C=O) groups is 1. The van der Waals surface area contributed by atoms with Crippen molar-refractivity contribution in [2.75, 3.05) is 0 Å². The zero-order valence-electron chi connectivity index (χ0n) is 1.76. The van der Waals surface area contributed by atoms with Gasteiger partial charge in [0, 0.05) is 0 Å². The van der Waals surface area contributed by atoms with Crippen molar-refractivity contribution in [3.8, 4) is 0 Å². The van der Waals surface area contributed by atoms with Crippen molar-refractivity contribution in [1.82, 2.24) is 0 Å². The Morgan fingerprint density at radius 1 is 2.00 bits per heavy atom. The molecule has 0 saturated heterocycles. The summed E-state index contributed by atoms with van der Waals surface area (Å²) in [5.74, 6) is 0. The predicted molar refractivity (Wildman–Crippen MR) is 13.8 cm³/mol. The van der Waals surface area contributed by atoms with Crippen LogP contribution in [0, 0.1) is 0 Å². The fourth-order valence-electron chi connectivity index (χ4n) is 0. The van der Waals surface area contributed by atoms with E-state index < -0.39 is 4.87 Å². The molecule has 0 aliphatic rings. The van der Waals surface area contributed by atoms with E-state index in [0.717, 1.165) is 0 Å².